The van der Waals surface area contributed by atoms with Crippen molar-refractivity contribution in [1.82, 2.24) is 0 Å². The van der Waals surface area contributed by atoms with Gasteiger partial charge in [0.25, 0.3) is 0 Å². The molecule has 0 spiro atoms. The average molecular weight is 569 g/mol. The molecule has 1 heterocycles. The minimum Gasteiger partial charge on any atom is -0.493 e. The Morgan fingerprint density at radius 3 is 2.27 bits per heavy atom. The second-order valence-corrected chi connectivity index (χ2v) is 12.1. The highest BCUT2D eigenvalue weighted by Crippen LogP contribution is 2.44. The summed E-state index contributed by atoms with van der Waals surface area (Å²) in [7, 11) is -2.52. The predicted octanol–water partition coefficient (Wildman–Crippen LogP) is 5.51. The summed E-state index contributed by atoms with van der Waals surface area (Å²) < 4.78 is 57.5. The van der Waals surface area contributed by atoms with E-state index >= 15 is 0 Å². The fraction of sp³-hybridized carbons (Fsp3) is 0.387. The van der Waals surface area contributed by atoms with Crippen LogP contribution in [0.3, 0.4) is 0 Å². The summed E-state index contributed by atoms with van der Waals surface area (Å²) in [6.07, 6.45) is -0.855. The lowest BCUT2D eigenvalue weighted by Crippen LogP contribution is -2.36. The molecule has 3 atom stereocenters. The molecule has 214 valence electrons. The molecule has 1 saturated heterocycles. The molecule has 4 rings (SSSR count). The van der Waals surface area contributed by atoms with Crippen molar-refractivity contribution in [3.8, 4) is 11.5 Å². The van der Waals surface area contributed by atoms with Gasteiger partial charge in [-0.3, -0.25) is 4.79 Å². The Balaban J connectivity index is 1.79. The van der Waals surface area contributed by atoms with Gasteiger partial charge in [0.05, 0.1) is 43.0 Å². The van der Waals surface area contributed by atoms with Gasteiger partial charge in [0.15, 0.2) is 27.1 Å². The largest absolute Gasteiger partial charge is 0.493 e. The number of ether oxygens (including phenoxy) is 5. The number of carbonyl (C=O) groups is 1. The highest BCUT2D eigenvalue weighted by Gasteiger charge is 2.47. The third-order valence-electron chi connectivity index (χ3n) is 6.76. The normalized spacial score (nSPS) is 18.1. The van der Waals surface area contributed by atoms with Crippen molar-refractivity contribution >= 4 is 15.8 Å². The third kappa shape index (κ3) is 7.02. The monoisotopic (exact) mass is 568 g/mol. The van der Waals surface area contributed by atoms with Gasteiger partial charge in [0, 0.05) is 5.92 Å². The second-order valence-electron chi connectivity index (χ2n) is 10.0. The molecule has 1 aliphatic rings. The molecule has 8 nitrogen and oxygen atoms in total. The Bertz CT molecular complexity index is 1370. The summed E-state index contributed by atoms with van der Waals surface area (Å²) in [5, 5.41) is -1.17. The summed E-state index contributed by atoms with van der Waals surface area (Å²) in [5.74, 6) is -1.41. The van der Waals surface area contributed by atoms with Crippen LogP contribution >= 0.6 is 0 Å². The van der Waals surface area contributed by atoms with Gasteiger partial charge in [-0.2, -0.15) is 0 Å². The first-order chi connectivity index (χ1) is 19.1. The Labute approximate surface area is 236 Å². The summed E-state index contributed by atoms with van der Waals surface area (Å²) in [4.78, 5) is 12.9. The Kier molecular flexibility index (Phi) is 9.50. The van der Waals surface area contributed by atoms with Gasteiger partial charge in [0.2, 0.25) is 0 Å². The maximum atomic E-state index is 14.3. The van der Waals surface area contributed by atoms with Gasteiger partial charge in [-0.25, -0.2) is 8.42 Å². The number of esters is 1. The first-order valence-electron chi connectivity index (χ1n) is 13.3. The molecule has 0 unspecified atom stereocenters. The van der Waals surface area contributed by atoms with E-state index < -0.39 is 38.9 Å². The van der Waals surface area contributed by atoms with Gasteiger partial charge in [-0.15, -0.1) is 0 Å². The summed E-state index contributed by atoms with van der Waals surface area (Å²) in [5.41, 5.74) is 1.42. The molecule has 3 aromatic carbocycles. The van der Waals surface area contributed by atoms with Crippen LogP contribution in [0.1, 0.15) is 43.6 Å². The molecule has 40 heavy (non-hydrogen) atoms. The van der Waals surface area contributed by atoms with Gasteiger partial charge >= 0.3 is 5.97 Å². The van der Waals surface area contributed by atoms with Gasteiger partial charge < -0.3 is 23.7 Å². The van der Waals surface area contributed by atoms with Crippen LogP contribution in [0, 0.1) is 5.92 Å². The maximum Gasteiger partial charge on any atom is 0.306 e. The van der Waals surface area contributed by atoms with Crippen LogP contribution in [0.25, 0.3) is 0 Å². The minimum atomic E-state index is -4.02. The van der Waals surface area contributed by atoms with E-state index in [0.29, 0.717) is 23.7 Å². The molecule has 9 heteroatoms. The lowest BCUT2D eigenvalue weighted by molar-refractivity contribution is -0.153. The number of sulfone groups is 1. The summed E-state index contributed by atoms with van der Waals surface area (Å²) in [6.45, 7) is 5.86. The van der Waals surface area contributed by atoms with Crippen molar-refractivity contribution in [2.24, 2.45) is 5.92 Å². The zero-order valence-electron chi connectivity index (χ0n) is 23.2. The molecule has 1 fully saturated rings. The van der Waals surface area contributed by atoms with Gasteiger partial charge in [0.1, 0.15) is 6.61 Å². The molecule has 0 aliphatic carbocycles. The van der Waals surface area contributed by atoms with Crippen molar-refractivity contribution in [1.29, 1.82) is 0 Å². The van der Waals surface area contributed by atoms with Crippen LogP contribution in [0.4, 0.5) is 0 Å². The second kappa shape index (κ2) is 12.8. The minimum absolute atomic E-state index is 0.132. The molecule has 0 saturated carbocycles. The highest BCUT2D eigenvalue weighted by atomic mass is 32.2. The van der Waals surface area contributed by atoms with E-state index in [1.54, 1.807) is 69.3 Å². The van der Waals surface area contributed by atoms with Crippen LogP contribution in [0.15, 0.2) is 83.8 Å². The van der Waals surface area contributed by atoms with E-state index in [2.05, 4.69) is 0 Å². The van der Waals surface area contributed by atoms with E-state index in [9.17, 15) is 13.2 Å². The van der Waals surface area contributed by atoms with Crippen LogP contribution in [-0.4, -0.2) is 46.6 Å². The van der Waals surface area contributed by atoms with E-state index in [1.165, 1.54) is 7.11 Å². The van der Waals surface area contributed by atoms with Crippen molar-refractivity contribution in [3.63, 3.8) is 0 Å². The van der Waals surface area contributed by atoms with Gasteiger partial charge in [-0.05, 0) is 56.2 Å². The predicted molar refractivity (Wildman–Crippen MR) is 150 cm³/mol. The number of carbonyl (C=O) groups excluding carboxylic acids is 1. The first kappa shape index (κ1) is 29.6. The molecule has 0 N–H and O–H groups in total. The molecule has 0 aromatic heterocycles. The number of hydrogen-bond acceptors (Lipinski definition) is 8. The number of methoxy groups -OCH3 is 1. The zero-order chi connectivity index (χ0) is 28.8. The van der Waals surface area contributed by atoms with E-state index in [0.717, 1.165) is 5.56 Å². The maximum absolute atomic E-state index is 14.3. The first-order valence-corrected chi connectivity index (χ1v) is 14.8. The van der Waals surface area contributed by atoms with Gasteiger partial charge in [-0.1, -0.05) is 54.6 Å². The molecular weight excluding hydrogens is 532 g/mol. The highest BCUT2D eigenvalue weighted by molar-refractivity contribution is 7.91. The third-order valence-corrected chi connectivity index (χ3v) is 8.98. The molecule has 0 radical (unpaired) electrons. The smallest absolute Gasteiger partial charge is 0.306 e. The summed E-state index contributed by atoms with van der Waals surface area (Å²) >= 11 is 0. The molecular formula is C31H36O8S. The van der Waals surface area contributed by atoms with Crippen molar-refractivity contribution < 1.29 is 36.9 Å². The molecule has 3 aromatic rings. The number of hydrogen-bond donors (Lipinski definition) is 0. The molecule has 1 aliphatic heterocycles. The fourth-order valence-electron chi connectivity index (χ4n) is 4.90. The Morgan fingerprint density at radius 1 is 1.00 bits per heavy atom. The van der Waals surface area contributed by atoms with E-state index in [-0.39, 0.29) is 24.5 Å². The van der Waals surface area contributed by atoms with Crippen LogP contribution < -0.4 is 9.47 Å². The van der Waals surface area contributed by atoms with Crippen LogP contribution in [-0.2, 0) is 35.4 Å². The fourth-order valence-corrected chi connectivity index (χ4v) is 6.97. The number of benzene rings is 3. The topological polar surface area (TPSA) is 97.4 Å². The Morgan fingerprint density at radius 2 is 1.68 bits per heavy atom. The van der Waals surface area contributed by atoms with Crippen molar-refractivity contribution in [2.75, 3.05) is 20.3 Å². The standard InChI is InChI=1S/C31H36O8S/c1-5-36-29(32)19-25(28-21-38-31(2,3)39-28)30(40(33,34)24-14-10-7-11-15-24)23-16-17-26(27(18-23)35-4)37-20-22-12-8-6-9-13-22/h6-18,25,28,30H,5,19-21H2,1-4H3/t25-,28+,30+/m0/s1. The lowest BCUT2D eigenvalue weighted by Gasteiger charge is -2.31. The van der Waals surface area contributed by atoms with Crippen LogP contribution in [0.2, 0.25) is 0 Å². The summed E-state index contributed by atoms with van der Waals surface area (Å²) in [6, 6.07) is 22.9. The molecule has 0 amide bonds. The van der Waals surface area contributed by atoms with E-state index in [1.807, 2.05) is 30.3 Å². The van der Waals surface area contributed by atoms with Crippen molar-refractivity contribution in [2.45, 2.75) is 55.8 Å². The van der Waals surface area contributed by atoms with E-state index in [4.69, 9.17) is 23.7 Å². The zero-order valence-corrected chi connectivity index (χ0v) is 24.1. The number of rotatable bonds is 12. The lowest BCUT2D eigenvalue weighted by atomic mass is 9.90. The van der Waals surface area contributed by atoms with Crippen molar-refractivity contribution in [3.05, 3.63) is 90.0 Å². The Hall–Kier alpha value is -3.40. The quantitative estimate of drug-likeness (QED) is 0.264. The SMILES string of the molecule is CCOC(=O)C[C@H]([C@@H](c1ccc(OCc2ccccc2)c(OC)c1)S(=O)(=O)c1ccccc1)[C@H]1COC(C)(C)O1. The molecule has 0 bridgehead atoms. The average Bonchev–Trinajstić information content (AvgIpc) is 3.32. The van der Waals surface area contributed by atoms with Crippen LogP contribution in [0.5, 0.6) is 11.5 Å².